The second-order valence-corrected chi connectivity index (χ2v) is 5.41. The number of thiophene rings is 1. The molecule has 1 heterocycles. The maximum atomic E-state index is 13.2. The van der Waals surface area contributed by atoms with Crippen molar-refractivity contribution >= 4 is 34.5 Å². The Balaban J connectivity index is 2.48. The van der Waals surface area contributed by atoms with Crippen LogP contribution in [0.5, 0.6) is 0 Å². The predicted molar refractivity (Wildman–Crippen MR) is 68.1 cm³/mol. The zero-order valence-electron chi connectivity index (χ0n) is 8.81. The van der Waals surface area contributed by atoms with E-state index in [1.54, 1.807) is 0 Å². The van der Waals surface area contributed by atoms with Gasteiger partial charge in [0.15, 0.2) is 11.6 Å². The molecule has 0 aliphatic rings. The Morgan fingerprint density at radius 1 is 1.24 bits per heavy atom. The Bertz CT molecular complexity index is 551. The first-order valence-corrected chi connectivity index (χ1v) is 6.52. The minimum Gasteiger partial charge on any atom is -0.204 e. The highest BCUT2D eigenvalue weighted by Gasteiger charge is 2.19. The number of aryl methyl sites for hydroxylation is 1. The monoisotopic (exact) mass is 292 g/mol. The minimum absolute atomic E-state index is 0.136. The number of halogens is 4. The van der Waals surface area contributed by atoms with Gasteiger partial charge in [0, 0.05) is 9.90 Å². The molecule has 0 saturated carbocycles. The Labute approximate surface area is 112 Å². The van der Waals surface area contributed by atoms with Crippen LogP contribution in [0.3, 0.4) is 0 Å². The molecular formula is C12H8Cl2F2S. The lowest BCUT2D eigenvalue weighted by molar-refractivity contribution is 0.507. The van der Waals surface area contributed by atoms with Gasteiger partial charge in [-0.25, -0.2) is 8.78 Å². The molecule has 0 N–H and O–H groups in total. The number of rotatable bonds is 2. The van der Waals surface area contributed by atoms with Gasteiger partial charge in [-0.15, -0.1) is 22.9 Å². The summed E-state index contributed by atoms with van der Waals surface area (Å²) >= 11 is 13.6. The van der Waals surface area contributed by atoms with Gasteiger partial charge in [0.25, 0.3) is 0 Å². The minimum atomic E-state index is -0.967. The zero-order chi connectivity index (χ0) is 12.6. The highest BCUT2D eigenvalue weighted by molar-refractivity contribution is 7.10. The van der Waals surface area contributed by atoms with E-state index in [0.29, 0.717) is 5.56 Å². The molecule has 0 saturated heterocycles. The van der Waals surface area contributed by atoms with E-state index in [0.717, 1.165) is 22.6 Å². The molecule has 2 rings (SSSR count). The highest BCUT2D eigenvalue weighted by atomic mass is 35.5. The maximum Gasteiger partial charge on any atom is 0.160 e. The van der Waals surface area contributed by atoms with E-state index < -0.39 is 17.0 Å². The van der Waals surface area contributed by atoms with Crippen LogP contribution in [0.4, 0.5) is 8.78 Å². The van der Waals surface area contributed by atoms with Crippen molar-refractivity contribution in [3.63, 3.8) is 0 Å². The van der Waals surface area contributed by atoms with Crippen LogP contribution in [0.2, 0.25) is 5.02 Å². The van der Waals surface area contributed by atoms with Crippen molar-refractivity contribution in [2.75, 3.05) is 0 Å². The molecule has 90 valence electrons. The quantitative estimate of drug-likeness (QED) is 0.519. The number of hydrogen-bond acceptors (Lipinski definition) is 1. The summed E-state index contributed by atoms with van der Waals surface area (Å²) in [6.07, 6.45) is 0. The van der Waals surface area contributed by atoms with E-state index in [1.807, 2.05) is 18.4 Å². The van der Waals surface area contributed by atoms with Crippen LogP contribution >= 0.6 is 34.5 Å². The van der Waals surface area contributed by atoms with Crippen molar-refractivity contribution in [2.24, 2.45) is 0 Å². The van der Waals surface area contributed by atoms with E-state index in [1.165, 1.54) is 11.3 Å². The van der Waals surface area contributed by atoms with Crippen molar-refractivity contribution < 1.29 is 8.78 Å². The van der Waals surface area contributed by atoms with Crippen molar-refractivity contribution in [1.82, 2.24) is 0 Å². The molecular weight excluding hydrogens is 285 g/mol. The maximum absolute atomic E-state index is 13.2. The van der Waals surface area contributed by atoms with Gasteiger partial charge in [-0.2, -0.15) is 0 Å². The average Bonchev–Trinajstić information content (AvgIpc) is 2.69. The van der Waals surface area contributed by atoms with E-state index >= 15 is 0 Å². The van der Waals surface area contributed by atoms with Crippen molar-refractivity contribution in [3.8, 4) is 0 Å². The lowest BCUT2D eigenvalue weighted by Crippen LogP contribution is -1.96. The summed E-state index contributed by atoms with van der Waals surface area (Å²) in [5.41, 5.74) is 1.40. The van der Waals surface area contributed by atoms with Gasteiger partial charge in [-0.3, -0.25) is 0 Å². The van der Waals surface area contributed by atoms with Crippen molar-refractivity contribution in [3.05, 3.63) is 56.2 Å². The third-order valence-corrected chi connectivity index (χ3v) is 4.44. The SMILES string of the molecule is Cc1ccsc1C(Cl)c1cc(F)c(F)cc1Cl. The van der Waals surface area contributed by atoms with Crippen LogP contribution < -0.4 is 0 Å². The lowest BCUT2D eigenvalue weighted by Gasteiger charge is -2.11. The smallest absolute Gasteiger partial charge is 0.160 e. The predicted octanol–water partition coefficient (Wildman–Crippen LogP) is 5.32. The molecule has 1 unspecified atom stereocenters. The molecule has 0 aliphatic heterocycles. The lowest BCUT2D eigenvalue weighted by atomic mass is 10.1. The molecule has 0 bridgehead atoms. The van der Waals surface area contributed by atoms with Crippen LogP contribution in [0.1, 0.15) is 21.4 Å². The van der Waals surface area contributed by atoms with Crippen molar-refractivity contribution in [1.29, 1.82) is 0 Å². The van der Waals surface area contributed by atoms with Gasteiger partial charge in [-0.1, -0.05) is 11.6 Å². The molecule has 0 amide bonds. The second kappa shape index (κ2) is 4.92. The Hall–Kier alpha value is -0.640. The van der Waals surface area contributed by atoms with Crippen LogP contribution in [0.25, 0.3) is 0 Å². The first-order chi connectivity index (χ1) is 8.00. The summed E-state index contributed by atoms with van der Waals surface area (Å²) in [5, 5.41) is 1.47. The molecule has 0 spiro atoms. The molecule has 1 aromatic heterocycles. The first kappa shape index (κ1) is 12.8. The fourth-order valence-corrected chi connectivity index (χ4v) is 3.26. The summed E-state index contributed by atoms with van der Waals surface area (Å²) in [4.78, 5) is 0.888. The fraction of sp³-hybridized carbons (Fsp3) is 0.167. The first-order valence-electron chi connectivity index (χ1n) is 4.83. The number of benzene rings is 1. The van der Waals surface area contributed by atoms with Crippen LogP contribution in [-0.4, -0.2) is 0 Å². The normalized spacial score (nSPS) is 12.8. The topological polar surface area (TPSA) is 0 Å². The van der Waals surface area contributed by atoms with E-state index in [4.69, 9.17) is 23.2 Å². The second-order valence-electron chi connectivity index (χ2n) is 3.62. The van der Waals surface area contributed by atoms with Crippen molar-refractivity contribution in [2.45, 2.75) is 12.3 Å². The van der Waals surface area contributed by atoms with Crippen LogP contribution in [0.15, 0.2) is 23.6 Å². The van der Waals surface area contributed by atoms with E-state index in [9.17, 15) is 8.78 Å². The molecule has 0 radical (unpaired) electrons. The number of hydrogen-bond donors (Lipinski definition) is 0. The van der Waals surface area contributed by atoms with Gasteiger partial charge >= 0.3 is 0 Å². The highest BCUT2D eigenvalue weighted by Crippen LogP contribution is 2.38. The summed E-state index contributed by atoms with van der Waals surface area (Å²) in [6, 6.07) is 3.92. The Kier molecular flexibility index (Phi) is 3.71. The number of alkyl halides is 1. The summed E-state index contributed by atoms with van der Waals surface area (Å²) in [5.74, 6) is -1.91. The van der Waals surface area contributed by atoms with Gasteiger partial charge < -0.3 is 0 Å². The van der Waals surface area contributed by atoms with Gasteiger partial charge in [0.1, 0.15) is 0 Å². The Morgan fingerprint density at radius 3 is 2.47 bits per heavy atom. The van der Waals surface area contributed by atoms with Crippen LogP contribution in [-0.2, 0) is 0 Å². The Morgan fingerprint density at radius 2 is 1.88 bits per heavy atom. The van der Waals surface area contributed by atoms with E-state index in [2.05, 4.69) is 0 Å². The average molecular weight is 293 g/mol. The fourth-order valence-electron chi connectivity index (χ4n) is 1.52. The molecule has 17 heavy (non-hydrogen) atoms. The van der Waals surface area contributed by atoms with Crippen LogP contribution in [0, 0.1) is 18.6 Å². The van der Waals surface area contributed by atoms with Gasteiger partial charge in [-0.05, 0) is 41.6 Å². The third kappa shape index (κ3) is 2.46. The summed E-state index contributed by atoms with van der Waals surface area (Å²) in [7, 11) is 0. The van der Waals surface area contributed by atoms with E-state index in [-0.39, 0.29) is 5.02 Å². The standard InChI is InChI=1S/C12H8Cl2F2S/c1-6-2-3-17-12(6)11(14)7-4-9(15)10(16)5-8(7)13/h2-5,11H,1H3. The molecule has 0 fully saturated rings. The van der Waals surface area contributed by atoms with Gasteiger partial charge in [0.2, 0.25) is 0 Å². The van der Waals surface area contributed by atoms with Gasteiger partial charge in [0.05, 0.1) is 5.38 Å². The summed E-state index contributed by atoms with van der Waals surface area (Å²) < 4.78 is 26.1. The molecule has 5 heteroatoms. The molecule has 0 aliphatic carbocycles. The third-order valence-electron chi connectivity index (χ3n) is 2.44. The zero-order valence-corrected chi connectivity index (χ0v) is 11.1. The molecule has 0 nitrogen and oxygen atoms in total. The molecule has 1 atom stereocenters. The largest absolute Gasteiger partial charge is 0.204 e. The molecule has 2 aromatic rings. The molecule has 1 aromatic carbocycles. The summed E-state index contributed by atoms with van der Waals surface area (Å²) in [6.45, 7) is 1.91.